The van der Waals surface area contributed by atoms with E-state index in [2.05, 4.69) is 0 Å². The van der Waals surface area contributed by atoms with E-state index in [4.69, 9.17) is 11.5 Å². The van der Waals surface area contributed by atoms with Crippen LogP contribution in [0, 0.1) is 20.2 Å². The smallest absolute Gasteiger partial charge is 0.220 e. The Balaban J connectivity index is 1.85. The lowest BCUT2D eigenvalue weighted by molar-refractivity contribution is -0.479. The number of thioether (sulfide) groups is 2. The Hall–Kier alpha value is -3.24. The van der Waals surface area contributed by atoms with Crippen molar-refractivity contribution in [1.82, 2.24) is 0 Å². The number of anilines is 2. The van der Waals surface area contributed by atoms with Gasteiger partial charge >= 0.3 is 0 Å². The summed E-state index contributed by atoms with van der Waals surface area (Å²) >= 11 is 2.66. The molecule has 0 aliphatic carbocycles. The Kier molecular flexibility index (Phi) is 7.96. The van der Waals surface area contributed by atoms with E-state index in [-0.39, 0.29) is 22.9 Å². The van der Waals surface area contributed by atoms with Gasteiger partial charge in [0.1, 0.15) is 0 Å². The first kappa shape index (κ1) is 23.4. The minimum absolute atomic E-state index is 0.272. The van der Waals surface area contributed by atoms with Crippen LogP contribution >= 0.6 is 23.5 Å². The molecule has 3 aromatic rings. The standard InChI is InChI=1S/C22H22N4O4S2/c23-17-5-1-3-7-19(17)31-21(13-25(27)28)15-9-11-16(12-10-15)22(14-26(29)30)32-20-8-4-2-6-18(20)24/h1-12,21-22H,13-14,23-24H2/t21-,22+. The van der Waals surface area contributed by atoms with Crippen molar-refractivity contribution in [2.45, 2.75) is 20.3 Å². The Morgan fingerprint density at radius 3 is 1.31 bits per heavy atom. The van der Waals surface area contributed by atoms with E-state index in [1.165, 1.54) is 23.5 Å². The molecular weight excluding hydrogens is 448 g/mol. The molecular formula is C22H22N4O4S2. The molecule has 32 heavy (non-hydrogen) atoms. The van der Waals surface area contributed by atoms with Gasteiger partial charge in [0.05, 0.1) is 10.5 Å². The van der Waals surface area contributed by atoms with Crippen LogP contribution in [0.15, 0.2) is 82.6 Å². The van der Waals surface area contributed by atoms with E-state index in [1.807, 2.05) is 36.4 Å². The van der Waals surface area contributed by atoms with Gasteiger partial charge in [-0.1, -0.05) is 48.5 Å². The predicted molar refractivity (Wildman–Crippen MR) is 129 cm³/mol. The molecule has 0 heterocycles. The lowest BCUT2D eigenvalue weighted by Gasteiger charge is -2.17. The number of hydrogen-bond donors (Lipinski definition) is 2. The molecule has 0 unspecified atom stereocenters. The third kappa shape index (κ3) is 6.38. The van der Waals surface area contributed by atoms with Crippen LogP contribution in [0.4, 0.5) is 11.4 Å². The molecule has 0 amide bonds. The van der Waals surface area contributed by atoms with Crippen molar-refractivity contribution >= 4 is 34.9 Å². The molecule has 0 fully saturated rings. The zero-order valence-corrected chi connectivity index (χ0v) is 18.6. The highest BCUT2D eigenvalue weighted by Gasteiger charge is 2.23. The van der Waals surface area contributed by atoms with Crippen LogP contribution in [-0.4, -0.2) is 22.9 Å². The molecule has 0 radical (unpaired) electrons. The fourth-order valence-corrected chi connectivity index (χ4v) is 5.41. The van der Waals surface area contributed by atoms with Gasteiger partial charge < -0.3 is 11.5 Å². The number of nitrogen functional groups attached to an aromatic ring is 2. The molecule has 0 aliphatic heterocycles. The summed E-state index contributed by atoms with van der Waals surface area (Å²) in [4.78, 5) is 23.4. The number of nitrogens with zero attached hydrogens (tertiary/aromatic N) is 2. The summed E-state index contributed by atoms with van der Waals surface area (Å²) in [6.07, 6.45) is 0. The molecule has 3 aromatic carbocycles. The van der Waals surface area contributed by atoms with Crippen LogP contribution in [-0.2, 0) is 0 Å². The van der Waals surface area contributed by atoms with Gasteiger partial charge in [-0.15, -0.1) is 23.5 Å². The maximum Gasteiger partial charge on any atom is 0.220 e. The molecule has 10 heteroatoms. The van der Waals surface area contributed by atoms with Gasteiger partial charge in [0.15, 0.2) is 0 Å². The fourth-order valence-electron chi connectivity index (χ4n) is 3.10. The Morgan fingerprint density at radius 1 is 0.656 bits per heavy atom. The van der Waals surface area contributed by atoms with E-state index in [0.29, 0.717) is 11.4 Å². The Morgan fingerprint density at radius 2 is 1.00 bits per heavy atom. The van der Waals surface area contributed by atoms with E-state index < -0.39 is 10.5 Å². The van der Waals surface area contributed by atoms with E-state index in [1.54, 1.807) is 36.4 Å². The van der Waals surface area contributed by atoms with Crippen LogP contribution in [0.25, 0.3) is 0 Å². The van der Waals surface area contributed by atoms with Crippen molar-refractivity contribution < 1.29 is 9.85 Å². The SMILES string of the molecule is Nc1ccccc1S[C@@H](C[N+](=O)[O-])c1ccc([C@@H](C[N+](=O)[O-])Sc2ccccc2N)cc1. The van der Waals surface area contributed by atoms with Crippen LogP contribution in [0.2, 0.25) is 0 Å². The van der Waals surface area contributed by atoms with Gasteiger partial charge in [-0.3, -0.25) is 20.2 Å². The lowest BCUT2D eigenvalue weighted by Crippen LogP contribution is -2.12. The predicted octanol–water partition coefficient (Wildman–Crippen LogP) is 5.07. The summed E-state index contributed by atoms with van der Waals surface area (Å²) in [6, 6.07) is 21.6. The van der Waals surface area contributed by atoms with Gasteiger partial charge in [0, 0.05) is 31.0 Å². The van der Waals surface area contributed by atoms with Crippen molar-refractivity contribution in [3.63, 3.8) is 0 Å². The summed E-state index contributed by atoms with van der Waals surface area (Å²) in [5.74, 6) is 0. The highest BCUT2D eigenvalue weighted by molar-refractivity contribution is 8.00. The number of nitrogens with two attached hydrogens (primary N) is 2. The molecule has 166 valence electrons. The second-order valence-electron chi connectivity index (χ2n) is 6.99. The molecule has 0 aromatic heterocycles. The van der Waals surface area contributed by atoms with Crippen molar-refractivity contribution in [2.75, 3.05) is 24.6 Å². The highest BCUT2D eigenvalue weighted by atomic mass is 32.2. The number of nitro groups is 2. The maximum atomic E-state index is 11.3. The molecule has 3 rings (SSSR count). The number of rotatable bonds is 10. The zero-order valence-electron chi connectivity index (χ0n) is 17.0. The molecule has 0 aliphatic rings. The minimum Gasteiger partial charge on any atom is -0.398 e. The second kappa shape index (κ2) is 10.9. The summed E-state index contributed by atoms with van der Waals surface area (Å²) in [7, 11) is 0. The van der Waals surface area contributed by atoms with E-state index in [0.717, 1.165) is 20.9 Å². The van der Waals surface area contributed by atoms with Gasteiger partial charge in [0.2, 0.25) is 13.1 Å². The van der Waals surface area contributed by atoms with Gasteiger partial charge in [-0.05, 0) is 35.4 Å². The molecule has 4 N–H and O–H groups in total. The molecule has 0 saturated carbocycles. The largest absolute Gasteiger partial charge is 0.398 e. The highest BCUT2D eigenvalue weighted by Crippen LogP contribution is 2.41. The quantitative estimate of drug-likeness (QED) is 0.181. The monoisotopic (exact) mass is 470 g/mol. The summed E-state index contributed by atoms with van der Waals surface area (Å²) in [5, 5.41) is 21.6. The van der Waals surface area contributed by atoms with Gasteiger partial charge in [-0.2, -0.15) is 0 Å². The first-order valence-corrected chi connectivity index (χ1v) is 11.4. The first-order chi connectivity index (χ1) is 15.3. The van der Waals surface area contributed by atoms with Gasteiger partial charge in [-0.25, -0.2) is 0 Å². The fraction of sp³-hybridized carbons (Fsp3) is 0.182. The van der Waals surface area contributed by atoms with Crippen LogP contribution in [0.1, 0.15) is 21.6 Å². The number of benzene rings is 3. The normalized spacial score (nSPS) is 12.8. The maximum absolute atomic E-state index is 11.3. The minimum atomic E-state index is -0.449. The lowest BCUT2D eigenvalue weighted by atomic mass is 10.1. The molecule has 0 saturated heterocycles. The van der Waals surface area contributed by atoms with Gasteiger partial charge in [0.25, 0.3) is 0 Å². The van der Waals surface area contributed by atoms with E-state index >= 15 is 0 Å². The Labute approximate surface area is 193 Å². The van der Waals surface area contributed by atoms with Crippen LogP contribution in [0.5, 0.6) is 0 Å². The van der Waals surface area contributed by atoms with Crippen LogP contribution in [0.3, 0.4) is 0 Å². The molecule has 8 nitrogen and oxygen atoms in total. The summed E-state index contributed by atoms with van der Waals surface area (Å²) in [6.45, 7) is -0.544. The van der Waals surface area contributed by atoms with Crippen molar-refractivity contribution in [3.8, 4) is 0 Å². The molecule has 2 atom stereocenters. The first-order valence-electron chi connectivity index (χ1n) is 9.69. The zero-order chi connectivity index (χ0) is 23.1. The summed E-state index contributed by atoms with van der Waals surface area (Å²) in [5.41, 5.74) is 14.6. The third-order valence-electron chi connectivity index (χ3n) is 4.69. The average Bonchev–Trinajstić information content (AvgIpc) is 2.75. The van der Waals surface area contributed by atoms with E-state index in [9.17, 15) is 20.2 Å². The summed E-state index contributed by atoms with van der Waals surface area (Å²) < 4.78 is 0. The topological polar surface area (TPSA) is 138 Å². The van der Waals surface area contributed by atoms with Crippen molar-refractivity contribution in [1.29, 1.82) is 0 Å². The van der Waals surface area contributed by atoms with Crippen molar-refractivity contribution in [3.05, 3.63) is 104 Å². The number of para-hydroxylation sites is 2. The number of hydrogen-bond acceptors (Lipinski definition) is 8. The Bertz CT molecular complexity index is 1010. The average molecular weight is 471 g/mol. The van der Waals surface area contributed by atoms with Crippen molar-refractivity contribution in [2.24, 2.45) is 0 Å². The molecule has 0 spiro atoms. The second-order valence-corrected chi connectivity index (χ2v) is 9.48. The molecule has 0 bridgehead atoms. The van der Waals surface area contributed by atoms with Crippen LogP contribution < -0.4 is 11.5 Å². The third-order valence-corrected chi connectivity index (χ3v) is 7.35.